The zero-order chi connectivity index (χ0) is 22.1. The Bertz CT molecular complexity index is 1360. The van der Waals surface area contributed by atoms with Crippen molar-refractivity contribution in [3.63, 3.8) is 0 Å². The van der Waals surface area contributed by atoms with Crippen LogP contribution in [0.2, 0.25) is 0 Å². The topological polar surface area (TPSA) is 115 Å². The zero-order valence-electron chi connectivity index (χ0n) is 17.7. The largest absolute Gasteiger partial charge is 0.477 e. The molecule has 0 radical (unpaired) electrons. The second-order valence-electron chi connectivity index (χ2n) is 7.81. The average Bonchev–Trinajstić information content (AvgIpc) is 3.40. The first-order valence-corrected chi connectivity index (χ1v) is 12.5. The van der Waals surface area contributed by atoms with Gasteiger partial charge in [-0.1, -0.05) is 0 Å². The summed E-state index contributed by atoms with van der Waals surface area (Å²) >= 11 is 0. The average molecular weight is 457 g/mol. The molecule has 168 valence electrons. The molecular weight excluding hydrogens is 432 g/mol. The molecule has 5 rings (SSSR count). The van der Waals surface area contributed by atoms with Crippen LogP contribution >= 0.6 is 0 Å². The highest BCUT2D eigenvalue weighted by Gasteiger charge is 2.19. The highest BCUT2D eigenvalue weighted by atomic mass is 32.2. The maximum atomic E-state index is 11.3. The summed E-state index contributed by atoms with van der Waals surface area (Å²) in [6.45, 7) is 3.90. The van der Waals surface area contributed by atoms with Gasteiger partial charge in [0.1, 0.15) is 26.9 Å². The number of hydrogen-bond donors (Lipinski definition) is 1. The van der Waals surface area contributed by atoms with Gasteiger partial charge in [-0.15, -0.1) is 5.10 Å². The summed E-state index contributed by atoms with van der Waals surface area (Å²) in [4.78, 5) is 11.3. The lowest BCUT2D eigenvalue weighted by Gasteiger charge is -2.28. The number of nitrogens with one attached hydrogen (secondary N) is 1. The minimum Gasteiger partial charge on any atom is -0.477 e. The lowest BCUT2D eigenvalue weighted by Crippen LogP contribution is -2.43. The third-order valence-corrected chi connectivity index (χ3v) is 6.37. The number of ether oxygens (including phenoxy) is 1. The summed E-state index contributed by atoms with van der Waals surface area (Å²) in [5, 5.41) is 8.82. The number of aromatic nitrogens is 4. The van der Waals surface area contributed by atoms with Gasteiger partial charge in [0, 0.05) is 44.7 Å². The standard InChI is InChI=1S/C21H24N6O4S/c1-32(28,29)12-2-11-30-20-4-3-19-24-14-16(27(19)25-20)18-13-15-17(31-18)5-6-23-21(15)26-9-7-22-8-10-26/h3-6,13-14,22H,2,7-12H2,1H3. The van der Waals surface area contributed by atoms with Gasteiger partial charge in [0.25, 0.3) is 0 Å². The van der Waals surface area contributed by atoms with Gasteiger partial charge in [0.2, 0.25) is 5.88 Å². The molecule has 0 spiro atoms. The number of imidazole rings is 1. The highest BCUT2D eigenvalue weighted by molar-refractivity contribution is 7.90. The van der Waals surface area contributed by atoms with Gasteiger partial charge < -0.3 is 19.4 Å². The van der Waals surface area contributed by atoms with Crippen molar-refractivity contribution in [2.45, 2.75) is 6.42 Å². The fourth-order valence-corrected chi connectivity index (χ4v) is 4.45. The second-order valence-corrected chi connectivity index (χ2v) is 10.1. The molecule has 1 aliphatic heterocycles. The molecule has 0 saturated carbocycles. The number of piperazine rings is 1. The van der Waals surface area contributed by atoms with Crippen molar-refractivity contribution in [3.05, 3.63) is 36.7 Å². The van der Waals surface area contributed by atoms with E-state index in [2.05, 4.69) is 25.3 Å². The molecule has 0 bridgehead atoms. The Balaban J connectivity index is 1.44. The van der Waals surface area contributed by atoms with Crippen molar-refractivity contribution in [1.82, 2.24) is 24.9 Å². The Hall–Kier alpha value is -3.18. The van der Waals surface area contributed by atoms with Crippen LogP contribution in [0.4, 0.5) is 5.82 Å². The first-order chi connectivity index (χ1) is 15.5. The van der Waals surface area contributed by atoms with Crippen molar-refractivity contribution in [2.24, 2.45) is 0 Å². The van der Waals surface area contributed by atoms with Crippen LogP contribution in [-0.2, 0) is 9.84 Å². The lowest BCUT2D eigenvalue weighted by molar-refractivity contribution is 0.301. The molecule has 1 aliphatic rings. The van der Waals surface area contributed by atoms with Gasteiger partial charge in [-0.05, 0) is 24.6 Å². The Morgan fingerprint density at radius 2 is 2.03 bits per heavy atom. The third kappa shape index (κ3) is 4.26. The predicted molar refractivity (Wildman–Crippen MR) is 121 cm³/mol. The zero-order valence-corrected chi connectivity index (χ0v) is 18.5. The molecule has 11 heteroatoms. The van der Waals surface area contributed by atoms with Crippen LogP contribution in [0.25, 0.3) is 28.1 Å². The van der Waals surface area contributed by atoms with Crippen LogP contribution in [0.15, 0.2) is 41.1 Å². The summed E-state index contributed by atoms with van der Waals surface area (Å²) in [5.41, 5.74) is 2.11. The molecule has 4 aromatic heterocycles. The molecule has 0 aliphatic carbocycles. The quantitative estimate of drug-likeness (QED) is 0.415. The summed E-state index contributed by atoms with van der Waals surface area (Å²) in [5.74, 6) is 2.02. The fourth-order valence-electron chi connectivity index (χ4n) is 3.80. The fraction of sp³-hybridized carbons (Fsp3) is 0.381. The van der Waals surface area contributed by atoms with E-state index in [9.17, 15) is 8.42 Å². The molecule has 0 amide bonds. The number of sulfone groups is 1. The lowest BCUT2D eigenvalue weighted by atomic mass is 10.2. The minimum atomic E-state index is -3.01. The van der Waals surface area contributed by atoms with Crippen LogP contribution in [0, 0.1) is 0 Å². The summed E-state index contributed by atoms with van der Waals surface area (Å²) in [7, 11) is -3.01. The van der Waals surface area contributed by atoms with Crippen molar-refractivity contribution >= 4 is 32.3 Å². The van der Waals surface area contributed by atoms with E-state index in [0.29, 0.717) is 29.4 Å². The number of furan rings is 1. The molecule has 0 unspecified atom stereocenters. The second kappa shape index (κ2) is 8.40. The first-order valence-electron chi connectivity index (χ1n) is 10.5. The number of hydrogen-bond acceptors (Lipinski definition) is 9. The van der Waals surface area contributed by atoms with Gasteiger partial charge in [-0.25, -0.2) is 22.9 Å². The van der Waals surface area contributed by atoms with Gasteiger partial charge in [-0.2, -0.15) is 0 Å². The van der Waals surface area contributed by atoms with Crippen molar-refractivity contribution in [2.75, 3.05) is 49.7 Å². The van der Waals surface area contributed by atoms with Crippen molar-refractivity contribution in [1.29, 1.82) is 0 Å². The Labute approximate surface area is 185 Å². The van der Waals surface area contributed by atoms with E-state index >= 15 is 0 Å². The Morgan fingerprint density at radius 1 is 1.19 bits per heavy atom. The molecular formula is C21H24N6O4S. The number of anilines is 1. The van der Waals surface area contributed by atoms with Crippen LogP contribution in [0.1, 0.15) is 6.42 Å². The van der Waals surface area contributed by atoms with Crippen LogP contribution in [0.5, 0.6) is 5.88 Å². The molecule has 4 aromatic rings. The van der Waals surface area contributed by atoms with Crippen molar-refractivity contribution in [3.8, 4) is 17.3 Å². The molecule has 0 aromatic carbocycles. The van der Waals surface area contributed by atoms with Gasteiger partial charge in [-0.3, -0.25) is 0 Å². The Kier molecular flexibility index (Phi) is 5.43. The van der Waals surface area contributed by atoms with Crippen LogP contribution in [0.3, 0.4) is 0 Å². The smallest absolute Gasteiger partial charge is 0.231 e. The van der Waals surface area contributed by atoms with Crippen LogP contribution in [-0.4, -0.2) is 72.8 Å². The molecule has 10 nitrogen and oxygen atoms in total. The maximum Gasteiger partial charge on any atom is 0.231 e. The van der Waals surface area contributed by atoms with Crippen molar-refractivity contribution < 1.29 is 17.6 Å². The maximum absolute atomic E-state index is 11.3. The summed E-state index contributed by atoms with van der Waals surface area (Å²) in [6.07, 6.45) is 5.10. The SMILES string of the molecule is CS(=O)(=O)CCCOc1ccc2ncc(-c3cc4c(N5CCNCC5)nccc4o3)n2n1. The molecule has 32 heavy (non-hydrogen) atoms. The van der Waals surface area contributed by atoms with E-state index in [1.54, 1.807) is 29.0 Å². The summed E-state index contributed by atoms with van der Waals surface area (Å²) < 4.78 is 36.0. The minimum absolute atomic E-state index is 0.0774. The highest BCUT2D eigenvalue weighted by Crippen LogP contribution is 2.33. The van der Waals surface area contributed by atoms with E-state index < -0.39 is 9.84 Å². The molecule has 1 saturated heterocycles. The summed E-state index contributed by atoms with van der Waals surface area (Å²) in [6, 6.07) is 7.36. The van der Waals surface area contributed by atoms with E-state index in [4.69, 9.17) is 9.15 Å². The third-order valence-electron chi connectivity index (χ3n) is 5.34. The molecule has 1 fully saturated rings. The van der Waals surface area contributed by atoms with Gasteiger partial charge in [0.15, 0.2) is 11.4 Å². The number of nitrogens with zero attached hydrogens (tertiary/aromatic N) is 5. The normalized spacial score (nSPS) is 15.0. The Morgan fingerprint density at radius 3 is 2.84 bits per heavy atom. The molecule has 1 N–H and O–H groups in total. The monoisotopic (exact) mass is 456 g/mol. The predicted octanol–water partition coefficient (Wildman–Crippen LogP) is 1.76. The van der Waals surface area contributed by atoms with E-state index in [1.807, 2.05) is 12.1 Å². The van der Waals surface area contributed by atoms with Crippen LogP contribution < -0.4 is 15.0 Å². The van der Waals surface area contributed by atoms with Gasteiger partial charge in [0.05, 0.1) is 23.9 Å². The number of fused-ring (bicyclic) bond motifs is 2. The van der Waals surface area contributed by atoms with Gasteiger partial charge >= 0.3 is 0 Å². The van der Waals surface area contributed by atoms with E-state index in [0.717, 1.165) is 43.0 Å². The van der Waals surface area contributed by atoms with E-state index in [-0.39, 0.29) is 12.4 Å². The van der Waals surface area contributed by atoms with E-state index in [1.165, 1.54) is 6.26 Å². The number of pyridine rings is 1. The molecule has 0 atom stereocenters. The number of rotatable bonds is 7. The first kappa shape index (κ1) is 20.7. The molecule has 5 heterocycles.